The zero-order chi connectivity index (χ0) is 15.0. The van der Waals surface area contributed by atoms with E-state index in [0.717, 1.165) is 0 Å². The van der Waals surface area contributed by atoms with E-state index in [4.69, 9.17) is 0 Å². The molecule has 22 heavy (non-hydrogen) atoms. The molecular formula is C18H18N4. The van der Waals surface area contributed by atoms with Gasteiger partial charge in [0.1, 0.15) is 12.7 Å². The van der Waals surface area contributed by atoms with E-state index in [1.54, 1.807) is 24.8 Å². The Morgan fingerprint density at radius 2 is 1.41 bits per heavy atom. The van der Waals surface area contributed by atoms with Gasteiger partial charge >= 0.3 is 0 Å². The first-order chi connectivity index (χ1) is 10.9. The maximum Gasteiger partial charge on any atom is 0.115 e. The van der Waals surface area contributed by atoms with E-state index in [-0.39, 0.29) is 0 Å². The SMILES string of the molecule is c1ccc(C2CCC2c2ccncn2)cc1.c1cncnc1. The van der Waals surface area contributed by atoms with Gasteiger partial charge in [-0.3, -0.25) is 0 Å². The molecule has 2 atom stereocenters. The fraction of sp³-hybridized carbons (Fsp3) is 0.222. The third kappa shape index (κ3) is 3.52. The molecule has 1 aliphatic carbocycles. The number of hydrogen-bond acceptors (Lipinski definition) is 4. The minimum Gasteiger partial charge on any atom is -0.245 e. The van der Waals surface area contributed by atoms with Crippen LogP contribution in [0, 0.1) is 0 Å². The summed E-state index contributed by atoms with van der Waals surface area (Å²) in [5.41, 5.74) is 2.63. The second-order valence-electron chi connectivity index (χ2n) is 5.24. The summed E-state index contributed by atoms with van der Waals surface area (Å²) >= 11 is 0. The van der Waals surface area contributed by atoms with Crippen LogP contribution in [0.15, 0.2) is 73.7 Å². The van der Waals surface area contributed by atoms with Crippen LogP contribution in [0.2, 0.25) is 0 Å². The van der Waals surface area contributed by atoms with E-state index in [9.17, 15) is 0 Å². The molecule has 0 saturated heterocycles. The summed E-state index contributed by atoms with van der Waals surface area (Å²) in [6.45, 7) is 0. The highest BCUT2D eigenvalue weighted by Gasteiger charge is 2.33. The molecule has 0 aliphatic heterocycles. The molecule has 0 amide bonds. The van der Waals surface area contributed by atoms with Gasteiger partial charge in [0.25, 0.3) is 0 Å². The van der Waals surface area contributed by atoms with Crippen molar-refractivity contribution < 1.29 is 0 Å². The van der Waals surface area contributed by atoms with E-state index < -0.39 is 0 Å². The smallest absolute Gasteiger partial charge is 0.115 e. The first kappa shape index (κ1) is 14.3. The monoisotopic (exact) mass is 290 g/mol. The van der Waals surface area contributed by atoms with Crippen LogP contribution in [0.1, 0.15) is 35.9 Å². The zero-order valence-corrected chi connectivity index (χ0v) is 12.3. The molecule has 4 rings (SSSR count). The van der Waals surface area contributed by atoms with Crippen molar-refractivity contribution >= 4 is 0 Å². The van der Waals surface area contributed by atoms with E-state index in [1.807, 2.05) is 12.3 Å². The number of hydrogen-bond donors (Lipinski definition) is 0. The van der Waals surface area contributed by atoms with Crippen molar-refractivity contribution in [3.8, 4) is 0 Å². The van der Waals surface area contributed by atoms with Crippen LogP contribution in [0.3, 0.4) is 0 Å². The van der Waals surface area contributed by atoms with Crippen LogP contribution in [-0.2, 0) is 0 Å². The van der Waals surface area contributed by atoms with Crippen molar-refractivity contribution in [2.24, 2.45) is 0 Å². The molecular weight excluding hydrogens is 272 g/mol. The Morgan fingerprint density at radius 3 is 1.91 bits per heavy atom. The molecule has 110 valence electrons. The van der Waals surface area contributed by atoms with E-state index in [2.05, 4.69) is 50.3 Å². The average molecular weight is 290 g/mol. The number of benzene rings is 1. The molecule has 2 aromatic heterocycles. The molecule has 2 unspecified atom stereocenters. The minimum atomic E-state index is 0.588. The van der Waals surface area contributed by atoms with Crippen molar-refractivity contribution in [1.82, 2.24) is 19.9 Å². The maximum absolute atomic E-state index is 4.37. The van der Waals surface area contributed by atoms with Gasteiger partial charge in [-0.05, 0) is 36.5 Å². The molecule has 0 radical (unpaired) electrons. The van der Waals surface area contributed by atoms with Gasteiger partial charge in [0, 0.05) is 30.2 Å². The predicted molar refractivity (Wildman–Crippen MR) is 85.2 cm³/mol. The first-order valence-corrected chi connectivity index (χ1v) is 7.46. The van der Waals surface area contributed by atoms with Crippen molar-refractivity contribution in [2.75, 3.05) is 0 Å². The normalized spacial score (nSPS) is 19.5. The highest BCUT2D eigenvalue weighted by Crippen LogP contribution is 2.48. The van der Waals surface area contributed by atoms with Gasteiger partial charge in [0.05, 0.1) is 0 Å². The Hall–Kier alpha value is -2.62. The Balaban J connectivity index is 0.000000202. The van der Waals surface area contributed by atoms with Crippen LogP contribution < -0.4 is 0 Å². The third-order valence-corrected chi connectivity index (χ3v) is 3.96. The van der Waals surface area contributed by atoms with Gasteiger partial charge in [-0.1, -0.05) is 30.3 Å². The lowest BCUT2D eigenvalue weighted by Gasteiger charge is -2.36. The summed E-state index contributed by atoms with van der Waals surface area (Å²) in [5, 5.41) is 0. The molecule has 0 bridgehead atoms. The summed E-state index contributed by atoms with van der Waals surface area (Å²) < 4.78 is 0. The minimum absolute atomic E-state index is 0.588. The molecule has 1 aliphatic rings. The number of nitrogens with zero attached hydrogens (tertiary/aromatic N) is 4. The van der Waals surface area contributed by atoms with Crippen molar-refractivity contribution in [3.05, 3.63) is 85.0 Å². The Kier molecular flexibility index (Phi) is 4.82. The second kappa shape index (κ2) is 7.41. The van der Waals surface area contributed by atoms with E-state index in [1.165, 1.54) is 30.4 Å². The topological polar surface area (TPSA) is 51.6 Å². The lowest BCUT2D eigenvalue weighted by Crippen LogP contribution is -2.22. The van der Waals surface area contributed by atoms with Crippen molar-refractivity contribution in [3.63, 3.8) is 0 Å². The molecule has 4 nitrogen and oxygen atoms in total. The standard InChI is InChI=1S/C14H14N2.C4H4N2/c1-2-4-11(5-3-1)12-6-7-13(12)14-8-9-15-10-16-14;1-2-5-4-6-3-1/h1-5,8-10,12-13H,6-7H2;1-4H. The van der Waals surface area contributed by atoms with Gasteiger partial charge in [0.2, 0.25) is 0 Å². The zero-order valence-electron chi connectivity index (χ0n) is 12.3. The quantitative estimate of drug-likeness (QED) is 0.723. The van der Waals surface area contributed by atoms with Gasteiger partial charge < -0.3 is 0 Å². The fourth-order valence-electron chi connectivity index (χ4n) is 2.73. The molecule has 1 saturated carbocycles. The molecule has 0 spiro atoms. The molecule has 0 N–H and O–H groups in total. The van der Waals surface area contributed by atoms with Gasteiger partial charge in [-0.2, -0.15) is 0 Å². The van der Waals surface area contributed by atoms with Gasteiger partial charge in [0.15, 0.2) is 0 Å². The molecule has 1 aromatic carbocycles. The first-order valence-electron chi connectivity index (χ1n) is 7.46. The Morgan fingerprint density at radius 1 is 0.682 bits per heavy atom. The Bertz CT molecular complexity index is 586. The third-order valence-electron chi connectivity index (χ3n) is 3.96. The van der Waals surface area contributed by atoms with Crippen LogP contribution >= 0.6 is 0 Å². The van der Waals surface area contributed by atoms with Crippen LogP contribution in [-0.4, -0.2) is 19.9 Å². The fourth-order valence-corrected chi connectivity index (χ4v) is 2.73. The summed E-state index contributed by atoms with van der Waals surface area (Å²) in [4.78, 5) is 15.7. The Labute approximate surface area is 130 Å². The van der Waals surface area contributed by atoms with Crippen LogP contribution in [0.25, 0.3) is 0 Å². The number of rotatable bonds is 2. The average Bonchev–Trinajstić information content (AvgIpc) is 2.58. The summed E-state index contributed by atoms with van der Waals surface area (Å²) in [7, 11) is 0. The van der Waals surface area contributed by atoms with E-state index >= 15 is 0 Å². The lowest BCUT2D eigenvalue weighted by molar-refractivity contribution is 0.339. The molecule has 3 aromatic rings. The number of aromatic nitrogens is 4. The highest BCUT2D eigenvalue weighted by atomic mass is 14.8. The maximum atomic E-state index is 4.37. The summed E-state index contributed by atoms with van der Waals surface area (Å²) in [5.74, 6) is 1.24. The second-order valence-corrected chi connectivity index (χ2v) is 5.24. The van der Waals surface area contributed by atoms with E-state index in [0.29, 0.717) is 11.8 Å². The summed E-state index contributed by atoms with van der Waals surface area (Å²) in [6, 6.07) is 14.6. The van der Waals surface area contributed by atoms with Crippen LogP contribution in [0.5, 0.6) is 0 Å². The molecule has 1 fully saturated rings. The predicted octanol–water partition coefficient (Wildman–Crippen LogP) is 3.61. The highest BCUT2D eigenvalue weighted by molar-refractivity contribution is 5.28. The van der Waals surface area contributed by atoms with Gasteiger partial charge in [-0.25, -0.2) is 19.9 Å². The molecule has 4 heteroatoms. The van der Waals surface area contributed by atoms with Crippen molar-refractivity contribution in [1.29, 1.82) is 0 Å². The van der Waals surface area contributed by atoms with Gasteiger partial charge in [-0.15, -0.1) is 0 Å². The van der Waals surface area contributed by atoms with Crippen molar-refractivity contribution in [2.45, 2.75) is 24.7 Å². The van der Waals surface area contributed by atoms with Crippen LogP contribution in [0.4, 0.5) is 0 Å². The summed E-state index contributed by atoms with van der Waals surface area (Å²) in [6.07, 6.45) is 10.9. The largest absolute Gasteiger partial charge is 0.245 e. The molecule has 2 heterocycles. The lowest BCUT2D eigenvalue weighted by atomic mass is 9.68.